The molecule has 1 amide bonds. The van der Waals surface area contributed by atoms with Gasteiger partial charge in [0.1, 0.15) is 5.75 Å². The van der Waals surface area contributed by atoms with Crippen molar-refractivity contribution in [3.63, 3.8) is 0 Å². The second-order valence-electron chi connectivity index (χ2n) is 6.84. The largest absolute Gasteiger partial charge is 0.497 e. The standard InChI is InChI=1S/C23H21N5O3S/c1-15(29)24-16-9-13-19(14-10-16)32(30)28-23-22(25-17-7-11-18(31-2)12-8-17)26-20-5-3-4-6-21(20)27-23/h3-14H,1-2H3,(H,24,29)(H,25,26)(H,27,28). The maximum atomic E-state index is 13.0. The van der Waals surface area contributed by atoms with E-state index in [-0.39, 0.29) is 5.91 Å². The fourth-order valence-electron chi connectivity index (χ4n) is 2.98. The summed E-state index contributed by atoms with van der Waals surface area (Å²) in [5, 5.41) is 5.92. The fourth-order valence-corrected chi connectivity index (χ4v) is 3.80. The molecule has 9 heteroatoms. The van der Waals surface area contributed by atoms with Crippen LogP contribution >= 0.6 is 0 Å². The van der Waals surface area contributed by atoms with E-state index in [1.165, 1.54) is 6.92 Å². The molecule has 0 aliphatic rings. The van der Waals surface area contributed by atoms with Crippen LogP contribution in [0.5, 0.6) is 5.75 Å². The Labute approximate surface area is 187 Å². The molecule has 0 fully saturated rings. The minimum Gasteiger partial charge on any atom is -0.497 e. The topological polar surface area (TPSA) is 105 Å². The van der Waals surface area contributed by atoms with Crippen LogP contribution in [-0.2, 0) is 15.8 Å². The average Bonchev–Trinajstić information content (AvgIpc) is 2.80. The maximum Gasteiger partial charge on any atom is 0.221 e. The van der Waals surface area contributed by atoms with Gasteiger partial charge in [-0.2, -0.15) is 0 Å². The van der Waals surface area contributed by atoms with E-state index in [1.54, 1.807) is 31.4 Å². The summed E-state index contributed by atoms with van der Waals surface area (Å²) in [7, 11) is 0.0116. The van der Waals surface area contributed by atoms with Crippen LogP contribution in [0.4, 0.5) is 23.0 Å². The van der Waals surface area contributed by atoms with Gasteiger partial charge in [0.2, 0.25) is 5.91 Å². The highest BCUT2D eigenvalue weighted by Gasteiger charge is 2.13. The summed E-state index contributed by atoms with van der Waals surface area (Å²) in [5.41, 5.74) is 2.79. The third-order valence-electron chi connectivity index (χ3n) is 4.50. The van der Waals surface area contributed by atoms with Crippen LogP contribution in [0.1, 0.15) is 6.92 Å². The van der Waals surface area contributed by atoms with Gasteiger partial charge in [-0.15, -0.1) is 0 Å². The van der Waals surface area contributed by atoms with E-state index in [1.807, 2.05) is 48.5 Å². The van der Waals surface area contributed by atoms with Gasteiger partial charge in [-0.3, -0.25) is 9.52 Å². The molecule has 0 saturated heterocycles. The molecule has 0 saturated carbocycles. The first kappa shape index (κ1) is 21.3. The molecule has 32 heavy (non-hydrogen) atoms. The monoisotopic (exact) mass is 447 g/mol. The van der Waals surface area contributed by atoms with Gasteiger partial charge in [0, 0.05) is 18.3 Å². The van der Waals surface area contributed by atoms with Crippen molar-refractivity contribution in [1.29, 1.82) is 0 Å². The summed E-state index contributed by atoms with van der Waals surface area (Å²) in [6.45, 7) is 1.43. The number of para-hydroxylation sites is 2. The summed E-state index contributed by atoms with van der Waals surface area (Å²) >= 11 is 0. The molecule has 1 unspecified atom stereocenters. The van der Waals surface area contributed by atoms with Gasteiger partial charge in [-0.1, -0.05) is 12.1 Å². The number of hydrogen-bond acceptors (Lipinski definition) is 6. The molecule has 4 rings (SSSR count). The molecule has 0 aliphatic heterocycles. The van der Waals surface area contributed by atoms with E-state index in [0.29, 0.717) is 33.3 Å². The van der Waals surface area contributed by atoms with Crippen LogP contribution in [0.15, 0.2) is 77.7 Å². The molecule has 162 valence electrons. The number of nitrogens with one attached hydrogen (secondary N) is 3. The van der Waals surface area contributed by atoms with Crippen LogP contribution < -0.4 is 20.1 Å². The Bertz CT molecular complexity index is 1280. The van der Waals surface area contributed by atoms with Gasteiger partial charge in [-0.25, -0.2) is 14.2 Å². The highest BCUT2D eigenvalue weighted by molar-refractivity contribution is 7.86. The van der Waals surface area contributed by atoms with E-state index < -0.39 is 11.0 Å². The molecule has 1 atom stereocenters. The zero-order valence-electron chi connectivity index (χ0n) is 17.5. The molecule has 1 heterocycles. The number of nitrogens with zero attached hydrogens (tertiary/aromatic N) is 2. The third kappa shape index (κ3) is 5.01. The quantitative estimate of drug-likeness (QED) is 0.386. The van der Waals surface area contributed by atoms with Gasteiger partial charge in [0.15, 0.2) is 22.6 Å². The number of amides is 1. The zero-order chi connectivity index (χ0) is 22.5. The Morgan fingerprint density at radius 2 is 1.44 bits per heavy atom. The number of aromatic nitrogens is 2. The normalized spacial score (nSPS) is 11.6. The lowest BCUT2D eigenvalue weighted by Crippen LogP contribution is -2.10. The number of ether oxygens (including phenoxy) is 1. The Balaban J connectivity index is 1.63. The van der Waals surface area contributed by atoms with Crippen LogP contribution in [0, 0.1) is 0 Å². The number of methoxy groups -OCH3 is 1. The zero-order valence-corrected chi connectivity index (χ0v) is 18.3. The Morgan fingerprint density at radius 3 is 2.03 bits per heavy atom. The lowest BCUT2D eigenvalue weighted by atomic mass is 10.3. The van der Waals surface area contributed by atoms with E-state index >= 15 is 0 Å². The second kappa shape index (κ2) is 9.44. The summed E-state index contributed by atoms with van der Waals surface area (Å²) in [6, 6.07) is 21.6. The van der Waals surface area contributed by atoms with Crippen LogP contribution in [0.3, 0.4) is 0 Å². The minimum absolute atomic E-state index is 0.169. The molecule has 0 aliphatic carbocycles. The first-order chi connectivity index (χ1) is 15.5. The van der Waals surface area contributed by atoms with Crippen molar-refractivity contribution < 1.29 is 13.7 Å². The summed E-state index contributed by atoms with van der Waals surface area (Å²) in [6.07, 6.45) is 0. The van der Waals surface area contributed by atoms with Gasteiger partial charge in [0.25, 0.3) is 0 Å². The third-order valence-corrected chi connectivity index (χ3v) is 5.58. The van der Waals surface area contributed by atoms with Crippen molar-refractivity contribution in [2.45, 2.75) is 11.8 Å². The number of carbonyl (C=O) groups excluding carboxylic acids is 1. The molecule has 3 aromatic carbocycles. The number of benzene rings is 3. The Kier molecular flexibility index (Phi) is 6.27. The first-order valence-electron chi connectivity index (χ1n) is 9.76. The van der Waals surface area contributed by atoms with E-state index in [9.17, 15) is 9.00 Å². The molecule has 0 radical (unpaired) electrons. The lowest BCUT2D eigenvalue weighted by Gasteiger charge is -2.13. The molecular formula is C23H21N5O3S. The van der Waals surface area contributed by atoms with Crippen molar-refractivity contribution in [2.24, 2.45) is 0 Å². The predicted molar refractivity (Wildman–Crippen MR) is 127 cm³/mol. The van der Waals surface area contributed by atoms with Crippen molar-refractivity contribution in [2.75, 3.05) is 22.5 Å². The number of carbonyl (C=O) groups is 1. The molecule has 1 aromatic heterocycles. The van der Waals surface area contributed by atoms with Crippen molar-refractivity contribution in [3.8, 4) is 5.75 Å². The number of hydrogen-bond donors (Lipinski definition) is 3. The van der Waals surface area contributed by atoms with Crippen LogP contribution in [0.2, 0.25) is 0 Å². The summed E-state index contributed by atoms with van der Waals surface area (Å²) < 4.78 is 21.1. The fraction of sp³-hybridized carbons (Fsp3) is 0.0870. The highest BCUT2D eigenvalue weighted by Crippen LogP contribution is 2.27. The number of fused-ring (bicyclic) bond motifs is 1. The molecule has 8 nitrogen and oxygen atoms in total. The average molecular weight is 448 g/mol. The molecule has 3 N–H and O–H groups in total. The molecule has 0 bridgehead atoms. The van der Waals surface area contributed by atoms with Crippen molar-refractivity contribution in [3.05, 3.63) is 72.8 Å². The Morgan fingerprint density at radius 1 is 0.844 bits per heavy atom. The predicted octanol–water partition coefficient (Wildman–Crippen LogP) is 4.48. The first-order valence-corrected chi connectivity index (χ1v) is 10.9. The van der Waals surface area contributed by atoms with Crippen molar-refractivity contribution in [1.82, 2.24) is 9.97 Å². The van der Waals surface area contributed by atoms with Gasteiger partial charge in [-0.05, 0) is 60.7 Å². The second-order valence-corrected chi connectivity index (χ2v) is 8.05. The number of anilines is 4. The minimum atomic E-state index is -1.60. The van der Waals surface area contributed by atoms with Gasteiger partial charge in [0.05, 0.1) is 23.0 Å². The van der Waals surface area contributed by atoms with Crippen molar-refractivity contribution >= 4 is 50.9 Å². The van der Waals surface area contributed by atoms with Gasteiger partial charge < -0.3 is 15.4 Å². The maximum absolute atomic E-state index is 13.0. The van der Waals surface area contributed by atoms with E-state index in [4.69, 9.17) is 4.74 Å². The lowest BCUT2D eigenvalue weighted by molar-refractivity contribution is -0.114. The smallest absolute Gasteiger partial charge is 0.221 e. The SMILES string of the molecule is COc1ccc(Nc2nc3ccccc3nc2NS(=O)c2ccc(NC(C)=O)cc2)cc1. The molecular weight excluding hydrogens is 426 g/mol. The summed E-state index contributed by atoms with van der Waals surface area (Å²) in [4.78, 5) is 21.0. The van der Waals surface area contributed by atoms with Gasteiger partial charge >= 0.3 is 0 Å². The molecule has 0 spiro atoms. The number of rotatable bonds is 7. The van der Waals surface area contributed by atoms with Crippen LogP contribution in [-0.4, -0.2) is 27.2 Å². The Hall–Kier alpha value is -3.98. The van der Waals surface area contributed by atoms with E-state index in [2.05, 4.69) is 25.3 Å². The highest BCUT2D eigenvalue weighted by atomic mass is 32.2. The summed E-state index contributed by atoms with van der Waals surface area (Å²) in [5.74, 6) is 1.36. The molecule has 4 aromatic rings. The van der Waals surface area contributed by atoms with E-state index in [0.717, 1.165) is 11.4 Å². The van der Waals surface area contributed by atoms with Crippen LogP contribution in [0.25, 0.3) is 11.0 Å².